The van der Waals surface area contributed by atoms with Crippen LogP contribution < -0.4 is 0 Å². The number of carbonyl (C=O) groups excluding carboxylic acids is 1. The predicted molar refractivity (Wildman–Crippen MR) is 129 cm³/mol. The Kier molecular flexibility index (Phi) is 7.08. The number of rotatable bonds is 7. The van der Waals surface area contributed by atoms with Crippen molar-refractivity contribution >= 4 is 15.6 Å². The van der Waals surface area contributed by atoms with Crippen LogP contribution in [0.4, 0.5) is 17.6 Å². The molecule has 5 rings (SSSR count). The zero-order chi connectivity index (χ0) is 27.1. The van der Waals surface area contributed by atoms with Crippen molar-refractivity contribution in [3.63, 3.8) is 0 Å². The summed E-state index contributed by atoms with van der Waals surface area (Å²) in [4.78, 5) is 21.7. The Morgan fingerprint density at radius 1 is 1.00 bits per heavy atom. The van der Waals surface area contributed by atoms with Crippen LogP contribution in [0.2, 0.25) is 0 Å². The molecule has 200 valence electrons. The van der Waals surface area contributed by atoms with E-state index in [4.69, 9.17) is 4.74 Å². The van der Waals surface area contributed by atoms with Crippen molar-refractivity contribution in [1.29, 1.82) is 0 Å². The molecule has 38 heavy (non-hydrogen) atoms. The van der Waals surface area contributed by atoms with Crippen LogP contribution in [0.5, 0.6) is 0 Å². The van der Waals surface area contributed by atoms with Gasteiger partial charge < -0.3 is 4.74 Å². The first kappa shape index (κ1) is 26.4. The Hall–Kier alpha value is -3.18. The Labute approximate surface area is 217 Å². The van der Waals surface area contributed by atoms with E-state index in [2.05, 4.69) is 9.97 Å². The lowest BCUT2D eigenvalue weighted by Gasteiger charge is -2.23. The highest BCUT2D eigenvalue weighted by molar-refractivity contribution is 7.92. The second-order valence-corrected chi connectivity index (χ2v) is 11.8. The average molecular weight is 549 g/mol. The molecule has 2 aliphatic rings. The fraction of sp³-hybridized carbons (Fsp3) is 0.370. The summed E-state index contributed by atoms with van der Waals surface area (Å²) in [7, 11) is -3.92. The minimum Gasteiger partial charge on any atom is -0.381 e. The van der Waals surface area contributed by atoms with Gasteiger partial charge in [-0.25, -0.2) is 22.8 Å². The number of ketones is 1. The number of hydrogen-bond acceptors (Lipinski definition) is 6. The number of benzene rings is 2. The number of alkyl halides is 3. The summed E-state index contributed by atoms with van der Waals surface area (Å²) in [6.07, 6.45) is -2.49. The molecule has 1 aliphatic heterocycles. The van der Waals surface area contributed by atoms with Crippen LogP contribution in [-0.2, 0) is 32.0 Å². The van der Waals surface area contributed by atoms with Crippen molar-refractivity contribution in [1.82, 2.24) is 9.97 Å². The molecule has 2 fully saturated rings. The number of aryl methyl sites for hydroxylation is 1. The molecule has 1 saturated carbocycles. The zero-order valence-corrected chi connectivity index (χ0v) is 20.9. The number of Topliss-reactive ketones (excluding diaryl/α,β-unsaturated/α-hetero) is 1. The minimum atomic E-state index is -4.44. The van der Waals surface area contributed by atoms with Crippen LogP contribution in [0.1, 0.15) is 24.1 Å². The first-order chi connectivity index (χ1) is 18.0. The van der Waals surface area contributed by atoms with Crippen LogP contribution in [0.25, 0.3) is 11.3 Å². The van der Waals surface area contributed by atoms with E-state index in [0.717, 1.165) is 24.3 Å². The van der Waals surface area contributed by atoms with Crippen molar-refractivity contribution < 1.29 is 35.5 Å². The summed E-state index contributed by atoms with van der Waals surface area (Å²) in [6.45, 7) is 0.647. The molecule has 0 radical (unpaired) electrons. The van der Waals surface area contributed by atoms with Gasteiger partial charge in [-0.2, -0.15) is 13.2 Å². The largest absolute Gasteiger partial charge is 0.416 e. The van der Waals surface area contributed by atoms with E-state index in [-0.39, 0.29) is 42.0 Å². The molecule has 1 saturated heterocycles. The third-order valence-electron chi connectivity index (χ3n) is 7.40. The van der Waals surface area contributed by atoms with E-state index in [1.165, 1.54) is 30.6 Å². The highest BCUT2D eigenvalue weighted by Crippen LogP contribution is 2.46. The molecule has 1 aromatic heterocycles. The van der Waals surface area contributed by atoms with Gasteiger partial charge in [0.05, 0.1) is 28.0 Å². The molecular formula is C27H24F4N2O4S. The summed E-state index contributed by atoms with van der Waals surface area (Å²) < 4.78 is 84.6. The first-order valence-electron chi connectivity index (χ1n) is 12.1. The molecule has 0 N–H and O–H groups in total. The molecule has 0 bridgehead atoms. The zero-order valence-electron chi connectivity index (χ0n) is 20.1. The van der Waals surface area contributed by atoms with Crippen LogP contribution in [0.15, 0.2) is 65.8 Å². The second kappa shape index (κ2) is 10.2. The summed E-state index contributed by atoms with van der Waals surface area (Å²) in [5.41, 5.74) is 0.642. The molecule has 4 atom stereocenters. The number of carbonyl (C=O) groups is 1. The van der Waals surface area contributed by atoms with E-state index in [1.807, 2.05) is 0 Å². The third-order valence-corrected chi connectivity index (χ3v) is 9.72. The normalized spacial score (nSPS) is 23.4. The van der Waals surface area contributed by atoms with E-state index < -0.39 is 38.6 Å². The van der Waals surface area contributed by atoms with Gasteiger partial charge in [0.1, 0.15) is 17.9 Å². The van der Waals surface area contributed by atoms with Gasteiger partial charge in [0, 0.05) is 36.1 Å². The maximum Gasteiger partial charge on any atom is 0.416 e. The molecule has 2 aromatic carbocycles. The van der Waals surface area contributed by atoms with Crippen LogP contribution in [0.3, 0.4) is 0 Å². The monoisotopic (exact) mass is 548 g/mol. The third kappa shape index (κ3) is 5.22. The SMILES string of the molecule is O=C(CCc1cc(-c2ccc(C(F)(F)F)cc2)ncn1)[C@H]1C[C@H]2COC[C@H]2C1S(=O)(=O)c1ccc(F)cc1. The summed E-state index contributed by atoms with van der Waals surface area (Å²) in [5, 5.41) is -0.957. The fourth-order valence-electron chi connectivity index (χ4n) is 5.48. The smallest absolute Gasteiger partial charge is 0.381 e. The molecule has 0 spiro atoms. The Morgan fingerprint density at radius 2 is 1.71 bits per heavy atom. The molecule has 2 heterocycles. The van der Waals surface area contributed by atoms with Gasteiger partial charge in [-0.05, 0) is 61.2 Å². The number of fused-ring (bicyclic) bond motifs is 1. The van der Waals surface area contributed by atoms with Crippen molar-refractivity contribution in [2.75, 3.05) is 13.2 Å². The van der Waals surface area contributed by atoms with Crippen molar-refractivity contribution in [3.05, 3.63) is 78.0 Å². The fourth-order valence-corrected chi connectivity index (χ4v) is 7.77. The Bertz CT molecular complexity index is 1430. The number of nitrogens with zero attached hydrogens (tertiary/aromatic N) is 2. The highest BCUT2D eigenvalue weighted by Gasteiger charge is 2.54. The quantitative estimate of drug-likeness (QED) is 0.308. The van der Waals surface area contributed by atoms with Gasteiger partial charge in [0.25, 0.3) is 0 Å². The maximum absolute atomic E-state index is 13.5. The predicted octanol–water partition coefficient (Wildman–Crippen LogP) is 4.93. The number of sulfone groups is 1. The van der Waals surface area contributed by atoms with Crippen LogP contribution in [-0.4, -0.2) is 42.6 Å². The Balaban J connectivity index is 1.32. The summed E-state index contributed by atoms with van der Waals surface area (Å²) in [6, 6.07) is 10.8. The van der Waals surface area contributed by atoms with E-state index in [9.17, 15) is 30.8 Å². The molecule has 11 heteroatoms. The standard InChI is InChI=1S/C27H24F4N2O4S/c28-19-5-8-21(9-6-19)38(35,36)26-22(11-17-13-37-14-23(17)26)25(34)10-7-20-12-24(33-15-32-20)16-1-3-18(4-2-16)27(29,30)31/h1-6,8-9,12,15,17,22-23,26H,7,10-11,13-14H2/t17-,22+,23+,26?/m0/s1. The van der Waals surface area contributed by atoms with Crippen molar-refractivity contribution in [3.8, 4) is 11.3 Å². The van der Waals surface area contributed by atoms with Crippen LogP contribution >= 0.6 is 0 Å². The summed E-state index contributed by atoms with van der Waals surface area (Å²) >= 11 is 0. The van der Waals surface area contributed by atoms with E-state index in [0.29, 0.717) is 30.0 Å². The van der Waals surface area contributed by atoms with Gasteiger partial charge in [0.2, 0.25) is 0 Å². The molecule has 1 aliphatic carbocycles. The lowest BCUT2D eigenvalue weighted by Crippen LogP contribution is -2.36. The lowest BCUT2D eigenvalue weighted by molar-refractivity contribution is -0.137. The molecule has 0 amide bonds. The van der Waals surface area contributed by atoms with Gasteiger partial charge in [-0.3, -0.25) is 4.79 Å². The van der Waals surface area contributed by atoms with Gasteiger partial charge in [-0.15, -0.1) is 0 Å². The molecular weight excluding hydrogens is 524 g/mol. The highest BCUT2D eigenvalue weighted by atomic mass is 32.2. The van der Waals surface area contributed by atoms with E-state index >= 15 is 0 Å². The average Bonchev–Trinajstić information content (AvgIpc) is 3.49. The molecule has 6 nitrogen and oxygen atoms in total. The topological polar surface area (TPSA) is 86.2 Å². The number of aromatic nitrogens is 2. The Morgan fingerprint density at radius 3 is 2.39 bits per heavy atom. The lowest BCUT2D eigenvalue weighted by atomic mass is 9.96. The van der Waals surface area contributed by atoms with Gasteiger partial charge >= 0.3 is 6.18 Å². The minimum absolute atomic E-state index is 0.0220. The molecule has 1 unspecified atom stereocenters. The van der Waals surface area contributed by atoms with Crippen LogP contribution in [0, 0.1) is 23.6 Å². The number of ether oxygens (including phenoxy) is 1. The van der Waals surface area contributed by atoms with Gasteiger partial charge in [0.15, 0.2) is 9.84 Å². The molecule has 3 aromatic rings. The number of halogens is 4. The van der Waals surface area contributed by atoms with Crippen molar-refractivity contribution in [2.24, 2.45) is 17.8 Å². The first-order valence-corrected chi connectivity index (χ1v) is 13.7. The summed E-state index contributed by atoms with van der Waals surface area (Å²) in [5.74, 6) is -1.84. The second-order valence-electron chi connectivity index (χ2n) is 9.70. The van der Waals surface area contributed by atoms with E-state index in [1.54, 1.807) is 6.07 Å². The number of hydrogen-bond donors (Lipinski definition) is 0. The maximum atomic E-state index is 13.5. The van der Waals surface area contributed by atoms with Crippen molar-refractivity contribution in [2.45, 2.75) is 35.6 Å². The van der Waals surface area contributed by atoms with Gasteiger partial charge in [-0.1, -0.05) is 12.1 Å².